The van der Waals surface area contributed by atoms with E-state index in [-0.39, 0.29) is 11.7 Å². The number of nitrogens with two attached hydrogens (primary N) is 1. The lowest BCUT2D eigenvalue weighted by molar-refractivity contribution is 0.0888. The minimum absolute atomic E-state index is 0.0474. The molecule has 0 bridgehead atoms. The Morgan fingerprint density at radius 2 is 2.10 bits per heavy atom. The van der Waals surface area contributed by atoms with E-state index >= 15 is 0 Å². The van der Waals surface area contributed by atoms with Crippen molar-refractivity contribution in [2.24, 2.45) is 18.7 Å². The van der Waals surface area contributed by atoms with Crippen LogP contribution in [-0.2, 0) is 26.4 Å². The fourth-order valence-electron chi connectivity index (χ4n) is 4.24. The van der Waals surface area contributed by atoms with Gasteiger partial charge in [0.05, 0.1) is 12.0 Å². The summed E-state index contributed by atoms with van der Waals surface area (Å²) in [5, 5.41) is 1.09. The smallest absolute Gasteiger partial charge is 0.170 e. The fraction of sp³-hybridized carbons (Fsp3) is 0.348. The number of rotatable bonds is 4. The number of ketones is 1. The van der Waals surface area contributed by atoms with Gasteiger partial charge < -0.3 is 19.9 Å². The van der Waals surface area contributed by atoms with Crippen molar-refractivity contribution in [2.75, 3.05) is 6.54 Å². The van der Waals surface area contributed by atoms with Crippen molar-refractivity contribution >= 4 is 16.7 Å². The maximum atomic E-state index is 13.0. The summed E-state index contributed by atoms with van der Waals surface area (Å²) < 4.78 is 4.26. The van der Waals surface area contributed by atoms with Gasteiger partial charge >= 0.3 is 0 Å². The first-order valence-electron chi connectivity index (χ1n) is 10.4. The molecule has 0 spiro atoms. The number of nitrogens with one attached hydrogen (secondary N) is 1. The second-order valence-corrected chi connectivity index (χ2v) is 7.72. The molecule has 7 nitrogen and oxygen atoms in total. The van der Waals surface area contributed by atoms with Crippen LogP contribution in [0.15, 0.2) is 49.2 Å². The van der Waals surface area contributed by atoms with Gasteiger partial charge in [0.15, 0.2) is 5.78 Å². The molecular weight excluding hydrogens is 376 g/mol. The molecule has 0 radical (unpaired) electrons. The largest absolute Gasteiger partial charge is 0.351 e. The van der Waals surface area contributed by atoms with E-state index in [9.17, 15) is 4.79 Å². The van der Waals surface area contributed by atoms with Gasteiger partial charge in [-0.15, -0.1) is 0 Å². The number of carbonyl (C=O) groups is 1. The monoisotopic (exact) mass is 404 g/mol. The van der Waals surface area contributed by atoms with Crippen molar-refractivity contribution in [3.63, 3.8) is 0 Å². The first-order chi connectivity index (χ1) is 14.6. The maximum absolute atomic E-state index is 13.0. The minimum atomic E-state index is 0.0474. The number of H-pyrrole nitrogens is 1. The van der Waals surface area contributed by atoms with Crippen molar-refractivity contribution in [1.29, 1.82) is 0 Å². The first-order valence-corrected chi connectivity index (χ1v) is 10.4. The Kier molecular flexibility index (Phi) is 5.81. The summed E-state index contributed by atoms with van der Waals surface area (Å²) in [5.41, 5.74) is 9.58. The SMILES string of the molecule is Cc1nccn1CC1CCc2c(c3ccccc3n2C)C1=O.NCCc1c[nH]cn1. The molecule has 1 unspecified atom stereocenters. The highest BCUT2D eigenvalue weighted by molar-refractivity contribution is 6.11. The Hall–Kier alpha value is -3.19. The average Bonchev–Trinajstić information content (AvgIpc) is 3.47. The fourth-order valence-corrected chi connectivity index (χ4v) is 4.24. The number of fused-ring (bicyclic) bond motifs is 3. The summed E-state index contributed by atoms with van der Waals surface area (Å²) in [6, 6.07) is 8.21. The van der Waals surface area contributed by atoms with Crippen LogP contribution >= 0.6 is 0 Å². The van der Waals surface area contributed by atoms with E-state index in [1.807, 2.05) is 31.5 Å². The number of carbonyl (C=O) groups excluding carboxylic acids is 1. The highest BCUT2D eigenvalue weighted by atomic mass is 16.1. The van der Waals surface area contributed by atoms with E-state index in [4.69, 9.17) is 5.73 Å². The second kappa shape index (κ2) is 8.67. The molecule has 3 heterocycles. The highest BCUT2D eigenvalue weighted by Gasteiger charge is 2.32. The Bertz CT molecular complexity index is 1140. The van der Waals surface area contributed by atoms with Gasteiger partial charge in [0, 0.05) is 66.7 Å². The van der Waals surface area contributed by atoms with Crippen LogP contribution in [0.5, 0.6) is 0 Å². The molecule has 5 rings (SSSR count). The van der Waals surface area contributed by atoms with Gasteiger partial charge in [-0.3, -0.25) is 4.79 Å². The molecule has 1 atom stereocenters. The molecule has 30 heavy (non-hydrogen) atoms. The molecule has 0 saturated heterocycles. The third-order valence-electron chi connectivity index (χ3n) is 5.87. The molecule has 4 aromatic rings. The van der Waals surface area contributed by atoms with E-state index in [2.05, 4.69) is 43.3 Å². The van der Waals surface area contributed by atoms with Crippen molar-refractivity contribution in [1.82, 2.24) is 24.1 Å². The number of nitrogens with zero attached hydrogens (tertiary/aromatic N) is 4. The molecule has 7 heteroatoms. The lowest BCUT2D eigenvalue weighted by atomic mass is 9.85. The third-order valence-corrected chi connectivity index (χ3v) is 5.87. The Morgan fingerprint density at radius 1 is 1.27 bits per heavy atom. The van der Waals surface area contributed by atoms with E-state index in [0.717, 1.165) is 53.8 Å². The summed E-state index contributed by atoms with van der Waals surface area (Å²) in [6.45, 7) is 3.38. The van der Waals surface area contributed by atoms with Gasteiger partial charge in [-0.05, 0) is 32.4 Å². The highest BCUT2D eigenvalue weighted by Crippen LogP contribution is 2.34. The molecule has 0 fully saturated rings. The van der Waals surface area contributed by atoms with Crippen LogP contribution in [-0.4, -0.2) is 36.4 Å². The van der Waals surface area contributed by atoms with Crippen molar-refractivity contribution in [3.8, 4) is 0 Å². The van der Waals surface area contributed by atoms with E-state index in [0.29, 0.717) is 6.54 Å². The van der Waals surface area contributed by atoms with Crippen molar-refractivity contribution < 1.29 is 4.79 Å². The lowest BCUT2D eigenvalue weighted by Gasteiger charge is -2.23. The molecule has 1 aromatic carbocycles. The van der Waals surface area contributed by atoms with Gasteiger partial charge in [0.2, 0.25) is 0 Å². The summed E-state index contributed by atoms with van der Waals surface area (Å²) in [6.07, 6.45) is 10.0. The molecule has 0 aliphatic heterocycles. The molecule has 0 amide bonds. The number of benzene rings is 1. The number of hydrogen-bond donors (Lipinski definition) is 2. The van der Waals surface area contributed by atoms with Gasteiger partial charge in [-0.25, -0.2) is 9.97 Å². The predicted octanol–water partition coefficient (Wildman–Crippen LogP) is 3.04. The number of aromatic amines is 1. The van der Waals surface area contributed by atoms with E-state index in [1.54, 1.807) is 12.5 Å². The molecule has 3 N–H and O–H groups in total. The van der Waals surface area contributed by atoms with Crippen LogP contribution in [0.2, 0.25) is 0 Å². The second-order valence-electron chi connectivity index (χ2n) is 7.72. The summed E-state index contributed by atoms with van der Waals surface area (Å²) in [7, 11) is 2.06. The van der Waals surface area contributed by atoms with Crippen LogP contribution in [0.4, 0.5) is 0 Å². The normalized spacial score (nSPS) is 15.7. The molecule has 1 aliphatic rings. The topological polar surface area (TPSA) is 94.5 Å². The van der Waals surface area contributed by atoms with E-state index in [1.165, 1.54) is 5.69 Å². The molecule has 156 valence electrons. The Labute approximate surface area is 175 Å². The number of para-hydroxylation sites is 1. The first kappa shape index (κ1) is 20.1. The zero-order valence-electron chi connectivity index (χ0n) is 17.5. The van der Waals surface area contributed by atoms with Crippen molar-refractivity contribution in [2.45, 2.75) is 32.7 Å². The standard InChI is InChI=1S/C18H19N3O.C5H9N3/c1-12-19-9-10-21(12)11-13-7-8-16-17(18(13)22)14-5-3-4-6-15(14)20(16)2;6-2-1-5-3-7-4-8-5/h3-6,9-10,13H,7-8,11H2,1-2H3;3-4H,1-2,6H2,(H,7,8). The molecule has 3 aromatic heterocycles. The average molecular weight is 405 g/mol. The van der Waals surface area contributed by atoms with Gasteiger partial charge in [0.1, 0.15) is 5.82 Å². The zero-order valence-corrected chi connectivity index (χ0v) is 17.5. The number of aromatic nitrogens is 5. The maximum Gasteiger partial charge on any atom is 0.170 e. The molecule has 1 aliphatic carbocycles. The molecular formula is C23H28N6O. The summed E-state index contributed by atoms with van der Waals surface area (Å²) in [5.74, 6) is 1.30. The third kappa shape index (κ3) is 3.80. The molecule has 0 saturated carbocycles. The minimum Gasteiger partial charge on any atom is -0.351 e. The van der Waals surface area contributed by atoms with Crippen LogP contribution in [0.3, 0.4) is 0 Å². The quantitative estimate of drug-likeness (QED) is 0.547. The summed E-state index contributed by atoms with van der Waals surface area (Å²) >= 11 is 0. The number of imidazole rings is 2. The van der Waals surface area contributed by atoms with Crippen molar-refractivity contribution in [3.05, 3.63) is 72.0 Å². The summed E-state index contributed by atoms with van der Waals surface area (Å²) in [4.78, 5) is 24.1. The number of aryl methyl sites for hydroxylation is 2. The number of hydrogen-bond acceptors (Lipinski definition) is 4. The Morgan fingerprint density at radius 3 is 2.80 bits per heavy atom. The van der Waals surface area contributed by atoms with Crippen LogP contribution < -0.4 is 5.73 Å². The Balaban J connectivity index is 0.000000230. The lowest BCUT2D eigenvalue weighted by Crippen LogP contribution is -2.27. The van der Waals surface area contributed by atoms with Crippen LogP contribution in [0.25, 0.3) is 10.9 Å². The van der Waals surface area contributed by atoms with Crippen LogP contribution in [0, 0.1) is 12.8 Å². The van der Waals surface area contributed by atoms with Gasteiger partial charge in [-0.1, -0.05) is 18.2 Å². The van der Waals surface area contributed by atoms with E-state index < -0.39 is 0 Å². The zero-order chi connectivity index (χ0) is 21.1. The number of Topliss-reactive ketones (excluding diaryl/α,β-unsaturated/α-hetero) is 1. The van der Waals surface area contributed by atoms with Gasteiger partial charge in [-0.2, -0.15) is 0 Å². The van der Waals surface area contributed by atoms with Gasteiger partial charge in [0.25, 0.3) is 0 Å². The predicted molar refractivity (Wildman–Crippen MR) is 117 cm³/mol. The van der Waals surface area contributed by atoms with Crippen LogP contribution in [0.1, 0.15) is 34.0 Å².